The number of hydrogen-bond donors (Lipinski definition) is 1. The summed E-state index contributed by atoms with van der Waals surface area (Å²) < 4.78 is 6.33. The van der Waals surface area contributed by atoms with Crippen LogP contribution < -0.4 is 0 Å². The van der Waals surface area contributed by atoms with Gasteiger partial charge in [-0.05, 0) is 34.8 Å². The number of hydrogen-bond acceptors (Lipinski definition) is 4. The molecular weight excluding hydrogens is 318 g/mol. The van der Waals surface area contributed by atoms with E-state index in [2.05, 4.69) is 22.0 Å². The molecule has 2 heterocycles. The van der Waals surface area contributed by atoms with Gasteiger partial charge in [-0.3, -0.25) is 9.69 Å². The summed E-state index contributed by atoms with van der Waals surface area (Å²) in [5.74, 6) is -0.729. The van der Waals surface area contributed by atoms with Crippen molar-refractivity contribution in [1.82, 2.24) is 4.90 Å². The van der Waals surface area contributed by atoms with Crippen molar-refractivity contribution < 1.29 is 14.6 Å². The van der Waals surface area contributed by atoms with Crippen LogP contribution in [0.15, 0.2) is 15.9 Å². The van der Waals surface area contributed by atoms with Crippen LogP contribution >= 0.6 is 27.3 Å². The molecule has 0 saturated carbocycles. The second-order valence-corrected chi connectivity index (χ2v) is 6.18. The van der Waals surface area contributed by atoms with Gasteiger partial charge in [-0.25, -0.2) is 0 Å². The fourth-order valence-electron chi connectivity index (χ4n) is 2.12. The summed E-state index contributed by atoms with van der Waals surface area (Å²) in [6.45, 7) is 2.69. The molecule has 1 N–H and O–H groups in total. The van der Waals surface area contributed by atoms with E-state index in [4.69, 9.17) is 4.74 Å². The van der Waals surface area contributed by atoms with Crippen LogP contribution in [0.4, 0.5) is 0 Å². The van der Waals surface area contributed by atoms with E-state index >= 15 is 0 Å². The number of ether oxygens (including phenoxy) is 1. The maximum atomic E-state index is 11.3. The van der Waals surface area contributed by atoms with Crippen molar-refractivity contribution >= 4 is 33.2 Å². The first-order valence-corrected chi connectivity index (χ1v) is 7.61. The fraction of sp³-hybridized carbons (Fsp3) is 0.583. The average Bonchev–Trinajstić information content (AvgIpc) is 2.76. The number of halogens is 1. The Labute approximate surface area is 119 Å². The van der Waals surface area contributed by atoms with E-state index in [1.54, 1.807) is 11.3 Å². The molecule has 0 aliphatic carbocycles. The Bertz CT molecular complexity index is 404. The summed E-state index contributed by atoms with van der Waals surface area (Å²) in [5, 5.41) is 11.3. The smallest absolute Gasteiger partial charge is 0.320 e. The van der Waals surface area contributed by atoms with Crippen LogP contribution in [0.25, 0.3) is 0 Å². The molecule has 0 aromatic carbocycles. The highest BCUT2D eigenvalue weighted by Gasteiger charge is 2.26. The van der Waals surface area contributed by atoms with Gasteiger partial charge in [0, 0.05) is 27.8 Å². The van der Waals surface area contributed by atoms with E-state index in [-0.39, 0.29) is 0 Å². The number of carbonyl (C=O) groups is 1. The number of carboxylic acids is 1. The minimum absolute atomic E-state index is 0.394. The molecule has 1 atom stereocenters. The minimum atomic E-state index is -0.729. The summed E-state index contributed by atoms with van der Waals surface area (Å²) >= 11 is 5.08. The van der Waals surface area contributed by atoms with Gasteiger partial charge in [0.25, 0.3) is 0 Å². The Morgan fingerprint density at radius 3 is 2.83 bits per heavy atom. The van der Waals surface area contributed by atoms with Gasteiger partial charge in [0.1, 0.15) is 6.04 Å². The van der Waals surface area contributed by atoms with E-state index in [9.17, 15) is 9.90 Å². The van der Waals surface area contributed by atoms with Gasteiger partial charge < -0.3 is 9.84 Å². The molecule has 1 aromatic rings. The SMILES string of the molecule is O=C(O)C(CCc1cc(Br)cs1)N1CCOCC1. The highest BCUT2D eigenvalue weighted by atomic mass is 79.9. The van der Waals surface area contributed by atoms with Crippen molar-refractivity contribution in [2.24, 2.45) is 0 Å². The van der Waals surface area contributed by atoms with Gasteiger partial charge in [-0.1, -0.05) is 0 Å². The lowest BCUT2D eigenvalue weighted by Gasteiger charge is -2.31. The van der Waals surface area contributed by atoms with Gasteiger partial charge >= 0.3 is 5.97 Å². The molecule has 0 bridgehead atoms. The molecule has 2 rings (SSSR count). The Morgan fingerprint density at radius 2 is 2.28 bits per heavy atom. The first-order valence-electron chi connectivity index (χ1n) is 5.94. The van der Waals surface area contributed by atoms with Crippen LogP contribution in [-0.4, -0.2) is 48.3 Å². The third-order valence-electron chi connectivity index (χ3n) is 3.06. The molecule has 6 heteroatoms. The van der Waals surface area contributed by atoms with Gasteiger partial charge in [0.2, 0.25) is 0 Å². The molecule has 1 saturated heterocycles. The van der Waals surface area contributed by atoms with Crippen LogP contribution in [-0.2, 0) is 16.0 Å². The Hall–Kier alpha value is -0.430. The summed E-state index contributed by atoms with van der Waals surface area (Å²) in [5.41, 5.74) is 0. The van der Waals surface area contributed by atoms with Crippen LogP contribution in [0.3, 0.4) is 0 Å². The molecule has 1 aliphatic rings. The standard InChI is InChI=1S/C12H16BrNO3S/c13-9-7-10(18-8-9)1-2-11(12(15)16)14-3-5-17-6-4-14/h7-8,11H,1-6H2,(H,15,16). The van der Waals surface area contributed by atoms with Crippen molar-refractivity contribution in [3.63, 3.8) is 0 Å². The van der Waals surface area contributed by atoms with Gasteiger partial charge in [0.15, 0.2) is 0 Å². The summed E-state index contributed by atoms with van der Waals surface area (Å²) in [7, 11) is 0. The monoisotopic (exact) mass is 333 g/mol. The molecule has 1 aliphatic heterocycles. The normalized spacial score (nSPS) is 18.7. The summed E-state index contributed by atoms with van der Waals surface area (Å²) in [6, 6.07) is 1.66. The molecule has 100 valence electrons. The highest BCUT2D eigenvalue weighted by molar-refractivity contribution is 9.10. The van der Waals surface area contributed by atoms with Gasteiger partial charge in [-0.2, -0.15) is 0 Å². The number of thiophene rings is 1. The first kappa shape index (κ1) is 14.0. The van der Waals surface area contributed by atoms with Crippen molar-refractivity contribution in [1.29, 1.82) is 0 Å². The zero-order valence-corrected chi connectivity index (χ0v) is 12.4. The van der Waals surface area contributed by atoms with Crippen molar-refractivity contribution in [3.05, 3.63) is 20.8 Å². The van der Waals surface area contributed by atoms with E-state index < -0.39 is 12.0 Å². The largest absolute Gasteiger partial charge is 0.480 e. The predicted molar refractivity (Wildman–Crippen MR) is 74.2 cm³/mol. The Kier molecular flexibility index (Phi) is 5.17. The quantitative estimate of drug-likeness (QED) is 0.897. The molecule has 0 radical (unpaired) electrons. The van der Waals surface area contributed by atoms with Crippen molar-refractivity contribution in [2.75, 3.05) is 26.3 Å². The lowest BCUT2D eigenvalue weighted by molar-refractivity contribution is -0.145. The summed E-state index contributed by atoms with van der Waals surface area (Å²) in [6.07, 6.45) is 1.47. The number of rotatable bonds is 5. The maximum absolute atomic E-state index is 11.3. The Balaban J connectivity index is 1.91. The van der Waals surface area contributed by atoms with Crippen LogP contribution in [0.2, 0.25) is 0 Å². The van der Waals surface area contributed by atoms with E-state index in [0.717, 1.165) is 10.9 Å². The van der Waals surface area contributed by atoms with Gasteiger partial charge in [-0.15, -0.1) is 11.3 Å². The molecular formula is C12H16BrNO3S. The number of aliphatic carboxylic acids is 1. The zero-order chi connectivity index (χ0) is 13.0. The van der Waals surface area contributed by atoms with Gasteiger partial charge in [0.05, 0.1) is 13.2 Å². The second kappa shape index (κ2) is 6.65. The molecule has 18 heavy (non-hydrogen) atoms. The number of nitrogens with zero attached hydrogens (tertiary/aromatic N) is 1. The van der Waals surface area contributed by atoms with Crippen molar-refractivity contribution in [2.45, 2.75) is 18.9 Å². The van der Waals surface area contributed by atoms with Crippen molar-refractivity contribution in [3.8, 4) is 0 Å². The third kappa shape index (κ3) is 3.78. The van der Waals surface area contributed by atoms with Crippen LogP contribution in [0.1, 0.15) is 11.3 Å². The predicted octanol–water partition coefficient (Wildman–Crippen LogP) is 2.23. The lowest BCUT2D eigenvalue weighted by Crippen LogP contribution is -2.47. The first-order chi connectivity index (χ1) is 8.66. The fourth-order valence-corrected chi connectivity index (χ4v) is 3.59. The average molecular weight is 334 g/mol. The van der Waals surface area contributed by atoms with E-state index in [0.29, 0.717) is 32.7 Å². The molecule has 1 unspecified atom stereocenters. The van der Waals surface area contributed by atoms with Crippen LogP contribution in [0.5, 0.6) is 0 Å². The molecule has 1 aromatic heterocycles. The molecule has 4 nitrogen and oxygen atoms in total. The topological polar surface area (TPSA) is 49.8 Å². The highest BCUT2D eigenvalue weighted by Crippen LogP contribution is 2.22. The summed E-state index contributed by atoms with van der Waals surface area (Å²) in [4.78, 5) is 14.6. The lowest BCUT2D eigenvalue weighted by atomic mass is 10.1. The Morgan fingerprint density at radius 1 is 1.56 bits per heavy atom. The minimum Gasteiger partial charge on any atom is -0.480 e. The molecule has 1 fully saturated rings. The number of aryl methyl sites for hydroxylation is 1. The zero-order valence-electron chi connectivity index (χ0n) is 9.97. The van der Waals surface area contributed by atoms with Crippen LogP contribution in [0, 0.1) is 0 Å². The van der Waals surface area contributed by atoms with E-state index in [1.165, 1.54) is 4.88 Å². The molecule has 0 spiro atoms. The number of morpholine rings is 1. The van der Waals surface area contributed by atoms with E-state index in [1.807, 2.05) is 10.3 Å². The maximum Gasteiger partial charge on any atom is 0.320 e. The third-order valence-corrected chi connectivity index (χ3v) is 4.81. The molecule has 0 amide bonds. The number of carboxylic acid groups (broad SMARTS) is 1. The second-order valence-electron chi connectivity index (χ2n) is 4.27.